The number of carbonyl (C=O) groups excluding carboxylic acids is 1. The molecule has 1 aromatic rings. The van der Waals surface area contributed by atoms with Gasteiger partial charge in [0.2, 0.25) is 5.91 Å². The van der Waals surface area contributed by atoms with Crippen LogP contribution in [0.25, 0.3) is 0 Å². The number of unbranched alkanes of at least 4 members (excludes halogenated alkanes) is 1. The molecule has 1 fully saturated rings. The predicted molar refractivity (Wildman–Crippen MR) is 98.0 cm³/mol. The third-order valence-corrected chi connectivity index (χ3v) is 5.21. The van der Waals surface area contributed by atoms with Crippen LogP contribution in [0.1, 0.15) is 63.9 Å². The lowest BCUT2D eigenvalue weighted by molar-refractivity contribution is -0.126. The summed E-state index contributed by atoms with van der Waals surface area (Å²) in [6.07, 6.45) is 11.0. The van der Waals surface area contributed by atoms with Gasteiger partial charge in [-0.15, -0.1) is 0 Å². The Labute approximate surface area is 145 Å². The lowest BCUT2D eigenvalue weighted by atomic mass is 9.79. The summed E-state index contributed by atoms with van der Waals surface area (Å²) in [5, 5.41) is 3.06. The van der Waals surface area contributed by atoms with Gasteiger partial charge in [0.15, 0.2) is 0 Å². The minimum absolute atomic E-state index is 0.0340. The van der Waals surface area contributed by atoms with Crippen LogP contribution < -0.4 is 10.9 Å². The second kappa shape index (κ2) is 9.65. The summed E-state index contributed by atoms with van der Waals surface area (Å²) in [5.74, 6) is 1.24. The van der Waals surface area contributed by atoms with Crippen molar-refractivity contribution < 1.29 is 4.79 Å². The zero-order valence-corrected chi connectivity index (χ0v) is 15.2. The SMILES string of the molecule is CCCCC1CCC(C(=O)NCCCn2ccc(C)cc2=O)CC1. The maximum atomic E-state index is 12.3. The molecule has 2 rings (SSSR count). The van der Waals surface area contributed by atoms with Gasteiger partial charge in [0.05, 0.1) is 0 Å². The van der Waals surface area contributed by atoms with Crippen LogP contribution >= 0.6 is 0 Å². The van der Waals surface area contributed by atoms with E-state index in [0.29, 0.717) is 13.1 Å². The number of rotatable bonds is 8. The second-order valence-electron chi connectivity index (χ2n) is 7.24. The second-order valence-corrected chi connectivity index (χ2v) is 7.24. The molecule has 1 aliphatic rings. The van der Waals surface area contributed by atoms with Gasteiger partial charge in [0, 0.05) is 31.3 Å². The van der Waals surface area contributed by atoms with E-state index in [1.807, 2.05) is 19.2 Å². The van der Waals surface area contributed by atoms with Gasteiger partial charge in [-0.3, -0.25) is 9.59 Å². The van der Waals surface area contributed by atoms with Gasteiger partial charge in [-0.2, -0.15) is 0 Å². The lowest BCUT2D eigenvalue weighted by Crippen LogP contribution is -2.34. The Balaban J connectivity index is 1.64. The standard InChI is InChI=1S/C20H32N2O2/c1-3-4-6-17-7-9-18(10-8-17)20(24)21-12-5-13-22-14-11-16(2)15-19(22)23/h11,14-15,17-18H,3-10,12-13H2,1-2H3,(H,21,24). The third-order valence-electron chi connectivity index (χ3n) is 5.21. The van der Waals surface area contributed by atoms with Crippen molar-refractivity contribution in [2.24, 2.45) is 11.8 Å². The van der Waals surface area contributed by atoms with E-state index in [2.05, 4.69) is 12.2 Å². The minimum atomic E-state index is 0.0340. The number of pyridine rings is 1. The Hall–Kier alpha value is -1.58. The number of nitrogens with zero attached hydrogens (tertiary/aromatic N) is 1. The molecule has 4 heteroatoms. The molecule has 0 radical (unpaired) electrons. The molecule has 1 aliphatic carbocycles. The van der Waals surface area contributed by atoms with E-state index in [-0.39, 0.29) is 17.4 Å². The first-order valence-corrected chi connectivity index (χ1v) is 9.55. The minimum Gasteiger partial charge on any atom is -0.356 e. The summed E-state index contributed by atoms with van der Waals surface area (Å²) in [6, 6.07) is 3.59. The van der Waals surface area contributed by atoms with Crippen LogP contribution in [0.2, 0.25) is 0 Å². The van der Waals surface area contributed by atoms with Gasteiger partial charge in [-0.25, -0.2) is 0 Å². The van der Waals surface area contributed by atoms with E-state index in [0.717, 1.165) is 30.7 Å². The van der Waals surface area contributed by atoms with Crippen molar-refractivity contribution in [1.82, 2.24) is 9.88 Å². The summed E-state index contributed by atoms with van der Waals surface area (Å²) in [7, 11) is 0. The highest BCUT2D eigenvalue weighted by Crippen LogP contribution is 2.31. The van der Waals surface area contributed by atoms with Crippen molar-refractivity contribution >= 4 is 5.91 Å². The average Bonchev–Trinajstić information content (AvgIpc) is 2.58. The normalized spacial score (nSPS) is 20.8. The Bertz CT molecular complexity index is 571. The van der Waals surface area contributed by atoms with E-state index < -0.39 is 0 Å². The van der Waals surface area contributed by atoms with Gasteiger partial charge >= 0.3 is 0 Å². The summed E-state index contributed by atoms with van der Waals surface area (Å²) < 4.78 is 1.71. The number of aromatic nitrogens is 1. The van der Waals surface area contributed by atoms with E-state index >= 15 is 0 Å². The fourth-order valence-corrected chi connectivity index (χ4v) is 3.60. The molecule has 0 aromatic carbocycles. The van der Waals surface area contributed by atoms with E-state index in [9.17, 15) is 9.59 Å². The van der Waals surface area contributed by atoms with Crippen molar-refractivity contribution in [1.29, 1.82) is 0 Å². The summed E-state index contributed by atoms with van der Waals surface area (Å²) in [4.78, 5) is 24.1. The van der Waals surface area contributed by atoms with E-state index in [4.69, 9.17) is 0 Å². The van der Waals surface area contributed by atoms with Crippen molar-refractivity contribution in [2.75, 3.05) is 6.54 Å². The van der Waals surface area contributed by atoms with Gasteiger partial charge in [0.25, 0.3) is 5.56 Å². The average molecular weight is 332 g/mol. The van der Waals surface area contributed by atoms with Gasteiger partial charge in [0.1, 0.15) is 0 Å². The molecule has 1 saturated carbocycles. The van der Waals surface area contributed by atoms with Crippen molar-refractivity contribution in [3.63, 3.8) is 0 Å². The summed E-state index contributed by atoms with van der Waals surface area (Å²) in [5.41, 5.74) is 1.02. The Kier molecular flexibility index (Phi) is 7.54. The van der Waals surface area contributed by atoms with Crippen LogP contribution in [-0.2, 0) is 11.3 Å². The number of nitrogens with one attached hydrogen (secondary N) is 1. The highest BCUT2D eigenvalue weighted by Gasteiger charge is 2.25. The topological polar surface area (TPSA) is 51.1 Å². The molecule has 4 nitrogen and oxygen atoms in total. The van der Waals surface area contributed by atoms with Crippen molar-refractivity contribution in [3.8, 4) is 0 Å². The number of carbonyl (C=O) groups is 1. The molecule has 0 atom stereocenters. The number of hydrogen-bond donors (Lipinski definition) is 1. The van der Waals surface area contributed by atoms with Crippen LogP contribution in [0, 0.1) is 18.8 Å². The Morgan fingerprint density at radius 3 is 2.67 bits per heavy atom. The van der Waals surface area contributed by atoms with Crippen LogP contribution in [0.15, 0.2) is 23.1 Å². The van der Waals surface area contributed by atoms with Gasteiger partial charge in [-0.1, -0.05) is 26.2 Å². The van der Waals surface area contributed by atoms with Crippen LogP contribution in [0.5, 0.6) is 0 Å². The van der Waals surface area contributed by atoms with Crippen LogP contribution in [0.4, 0.5) is 0 Å². The maximum Gasteiger partial charge on any atom is 0.250 e. The molecular weight excluding hydrogens is 300 g/mol. The van der Waals surface area contributed by atoms with E-state index in [1.165, 1.54) is 32.1 Å². The molecule has 0 bridgehead atoms. The molecular formula is C20H32N2O2. The summed E-state index contributed by atoms with van der Waals surface area (Å²) >= 11 is 0. The molecule has 24 heavy (non-hydrogen) atoms. The molecule has 134 valence electrons. The first-order chi connectivity index (χ1) is 11.6. The van der Waals surface area contributed by atoms with Crippen LogP contribution in [-0.4, -0.2) is 17.0 Å². The smallest absolute Gasteiger partial charge is 0.250 e. The quantitative estimate of drug-likeness (QED) is 0.739. The fourth-order valence-electron chi connectivity index (χ4n) is 3.60. The lowest BCUT2D eigenvalue weighted by Gasteiger charge is -2.27. The van der Waals surface area contributed by atoms with Crippen molar-refractivity contribution in [2.45, 2.75) is 71.8 Å². The summed E-state index contributed by atoms with van der Waals surface area (Å²) in [6.45, 7) is 5.46. The fraction of sp³-hybridized carbons (Fsp3) is 0.700. The van der Waals surface area contributed by atoms with E-state index in [1.54, 1.807) is 10.6 Å². The van der Waals surface area contributed by atoms with Gasteiger partial charge in [-0.05, 0) is 56.6 Å². The highest BCUT2D eigenvalue weighted by atomic mass is 16.2. The van der Waals surface area contributed by atoms with Gasteiger partial charge < -0.3 is 9.88 Å². The largest absolute Gasteiger partial charge is 0.356 e. The zero-order chi connectivity index (χ0) is 17.4. The van der Waals surface area contributed by atoms with Crippen molar-refractivity contribution in [3.05, 3.63) is 34.2 Å². The third kappa shape index (κ3) is 5.81. The number of aryl methyl sites for hydroxylation is 2. The molecule has 1 heterocycles. The number of hydrogen-bond acceptors (Lipinski definition) is 2. The zero-order valence-electron chi connectivity index (χ0n) is 15.2. The Morgan fingerprint density at radius 1 is 1.25 bits per heavy atom. The molecule has 0 spiro atoms. The highest BCUT2D eigenvalue weighted by molar-refractivity contribution is 5.78. The molecule has 1 N–H and O–H groups in total. The molecule has 0 aliphatic heterocycles. The first-order valence-electron chi connectivity index (χ1n) is 9.55. The monoisotopic (exact) mass is 332 g/mol. The predicted octanol–water partition coefficient (Wildman–Crippen LogP) is 3.66. The van der Waals surface area contributed by atoms with Crippen LogP contribution in [0.3, 0.4) is 0 Å². The molecule has 0 unspecified atom stereocenters. The molecule has 1 amide bonds. The Morgan fingerprint density at radius 2 is 2.00 bits per heavy atom. The number of amides is 1. The molecule has 1 aromatic heterocycles. The maximum absolute atomic E-state index is 12.3. The first kappa shape index (κ1) is 18.8. The molecule has 0 saturated heterocycles.